The fourth-order valence-electron chi connectivity index (χ4n) is 5.83. The number of fused-ring (bicyclic) bond motifs is 5. The van der Waals surface area contributed by atoms with Gasteiger partial charge in [-0.2, -0.15) is 0 Å². The minimum Gasteiger partial charge on any atom is -0.201 e. The van der Waals surface area contributed by atoms with Crippen LogP contribution in [0.25, 0.3) is 22.4 Å². The number of aromatic nitrogens is 1. The monoisotopic (exact) mass is 410 g/mol. The molecule has 2 aliphatic rings. The van der Waals surface area contributed by atoms with E-state index in [1.54, 1.807) is 12.1 Å². The second-order valence-electron chi connectivity index (χ2n) is 8.47. The minimum absolute atomic E-state index is 0.396. The summed E-state index contributed by atoms with van der Waals surface area (Å²) in [7, 11) is -1.90. The van der Waals surface area contributed by atoms with E-state index >= 15 is 0 Å². The molecule has 0 saturated heterocycles. The third-order valence-corrected chi connectivity index (χ3v) is 12.1. The number of pyridine rings is 1. The molecule has 4 aromatic rings. The van der Waals surface area contributed by atoms with Gasteiger partial charge < -0.3 is 0 Å². The number of aryl methyl sites for hydroxylation is 2. The van der Waals surface area contributed by atoms with Crippen LogP contribution in [0, 0.1) is 6.92 Å². The molecule has 146 valence electrons. The molecule has 2 aliphatic heterocycles. The Bertz CT molecular complexity index is 1530. The second kappa shape index (κ2) is 5.80. The predicted octanol–water partition coefficient (Wildman–Crippen LogP) is 3.77. The molecule has 3 heterocycles. The van der Waals surface area contributed by atoms with Gasteiger partial charge in [-0.25, -0.2) is 4.57 Å². The molecule has 0 bridgehead atoms. The fraction of sp³-hybridized carbons (Fsp3) is 0.179. The quantitative estimate of drug-likeness (QED) is 0.332. The van der Waals surface area contributed by atoms with Crippen molar-refractivity contribution in [3.8, 4) is 22.4 Å². The van der Waals surface area contributed by atoms with Crippen LogP contribution in [0.4, 0.5) is 0 Å². The van der Waals surface area contributed by atoms with Crippen molar-refractivity contribution in [2.45, 2.75) is 25.7 Å². The highest BCUT2D eigenvalue weighted by molar-refractivity contribution is 7.16. The smallest absolute Gasteiger partial charge is 0.201 e. The number of rotatable bonds is 1. The SMILES string of the molecule is [2H]C([2H])([2H])C1(C([2H])([2H])[2H])c2ccc[n+](C)c2-c2c(C)ccc3c2[Si]1(c1ccccc1)c1ccccc1-3. The molecule has 1 unspecified atom stereocenters. The zero-order chi connectivity index (χ0) is 25.7. The average Bonchev–Trinajstić information content (AvgIpc) is 3.12. The molecule has 0 saturated carbocycles. The Morgan fingerprint density at radius 1 is 0.833 bits per heavy atom. The molecule has 3 aromatic carbocycles. The number of hydrogen-bond donors (Lipinski definition) is 0. The molecule has 0 amide bonds. The first-order valence-electron chi connectivity index (χ1n) is 13.3. The Hall–Kier alpha value is -2.97. The standard InChI is InChI=1S/C28H26NSi/c1-19-16-17-22-21-13-8-9-15-24(21)30(20-11-6-5-7-12-20)27(22)25(19)26-23(28(30,2)3)14-10-18-29(26)4/h5-18H,1-4H3/q+1/i2D3,3D3. The first kappa shape index (κ1) is 12.7. The van der Waals surface area contributed by atoms with Crippen molar-refractivity contribution in [2.24, 2.45) is 7.05 Å². The van der Waals surface area contributed by atoms with Gasteiger partial charge in [0, 0.05) is 24.9 Å². The highest BCUT2D eigenvalue weighted by atomic mass is 28.3. The molecule has 2 heteroatoms. The van der Waals surface area contributed by atoms with Crippen LogP contribution in [-0.4, -0.2) is 8.07 Å². The molecule has 0 aliphatic carbocycles. The Morgan fingerprint density at radius 3 is 2.40 bits per heavy atom. The zero-order valence-corrected chi connectivity index (χ0v) is 18.0. The van der Waals surface area contributed by atoms with Gasteiger partial charge in [-0.1, -0.05) is 80.4 Å². The summed E-state index contributed by atoms with van der Waals surface area (Å²) in [6.07, 6.45) is 1.88. The topological polar surface area (TPSA) is 3.88 Å². The van der Waals surface area contributed by atoms with Gasteiger partial charge in [0.1, 0.15) is 7.05 Å². The lowest BCUT2D eigenvalue weighted by molar-refractivity contribution is -0.660. The van der Waals surface area contributed by atoms with Crippen molar-refractivity contribution < 1.29 is 12.8 Å². The van der Waals surface area contributed by atoms with E-state index < -0.39 is 26.8 Å². The maximum Gasteiger partial charge on any atom is 0.215 e. The zero-order valence-electron chi connectivity index (χ0n) is 23.0. The van der Waals surface area contributed by atoms with E-state index in [0.717, 1.165) is 37.8 Å². The molecular formula is C28H26NSi+. The molecule has 1 aromatic heterocycles. The predicted molar refractivity (Wildman–Crippen MR) is 127 cm³/mol. The molecule has 0 radical (unpaired) electrons. The molecule has 1 atom stereocenters. The third kappa shape index (κ3) is 1.86. The van der Waals surface area contributed by atoms with Crippen LogP contribution in [0.3, 0.4) is 0 Å². The third-order valence-electron chi connectivity index (χ3n) is 7.00. The van der Waals surface area contributed by atoms with E-state index in [0.29, 0.717) is 11.3 Å². The van der Waals surface area contributed by atoms with E-state index in [9.17, 15) is 0 Å². The van der Waals surface area contributed by atoms with E-state index in [2.05, 4.69) is 12.1 Å². The highest BCUT2D eigenvalue weighted by Crippen LogP contribution is 2.48. The van der Waals surface area contributed by atoms with Gasteiger partial charge in [0.15, 0.2) is 14.3 Å². The van der Waals surface area contributed by atoms with Gasteiger partial charge in [-0.05, 0) is 45.2 Å². The summed E-state index contributed by atoms with van der Waals surface area (Å²) in [4.78, 5) is 0. The van der Waals surface area contributed by atoms with Crippen LogP contribution in [0.1, 0.15) is 33.1 Å². The lowest BCUT2D eigenvalue weighted by Crippen LogP contribution is -2.77. The lowest BCUT2D eigenvalue weighted by atomic mass is 9.90. The number of benzene rings is 3. The molecule has 6 rings (SSSR count). The Labute approximate surface area is 188 Å². The Balaban J connectivity index is 2.03. The van der Waals surface area contributed by atoms with Crippen molar-refractivity contribution >= 4 is 23.6 Å². The molecular weight excluding hydrogens is 378 g/mol. The summed E-state index contributed by atoms with van der Waals surface area (Å²) >= 11 is 0. The van der Waals surface area contributed by atoms with Gasteiger partial charge in [0.05, 0.1) is 5.56 Å². The van der Waals surface area contributed by atoms with Crippen molar-refractivity contribution in [3.63, 3.8) is 0 Å². The molecule has 1 nitrogen and oxygen atoms in total. The van der Waals surface area contributed by atoms with Gasteiger partial charge in [0.25, 0.3) is 0 Å². The maximum atomic E-state index is 9.10. The van der Waals surface area contributed by atoms with E-state index in [1.165, 1.54) is 0 Å². The Kier molecular flexibility index (Phi) is 2.45. The van der Waals surface area contributed by atoms with Gasteiger partial charge in [-0.15, -0.1) is 0 Å². The number of nitrogens with zero attached hydrogens (tertiary/aromatic N) is 1. The maximum absolute atomic E-state index is 9.10. The van der Waals surface area contributed by atoms with Gasteiger partial charge in [-0.3, -0.25) is 0 Å². The van der Waals surface area contributed by atoms with Crippen LogP contribution in [-0.2, 0) is 12.1 Å². The van der Waals surface area contributed by atoms with Gasteiger partial charge in [0.2, 0.25) is 5.69 Å². The lowest BCUT2D eigenvalue weighted by Gasteiger charge is -2.48. The molecule has 0 N–H and O–H groups in total. The first-order chi connectivity index (χ1) is 17.0. The van der Waals surface area contributed by atoms with Crippen LogP contribution >= 0.6 is 0 Å². The average molecular weight is 411 g/mol. The Morgan fingerprint density at radius 2 is 1.60 bits per heavy atom. The van der Waals surface area contributed by atoms with Crippen LogP contribution in [0.2, 0.25) is 0 Å². The summed E-state index contributed by atoms with van der Waals surface area (Å²) in [6.45, 7) is -3.60. The fourth-order valence-corrected chi connectivity index (χ4v) is 11.5. The summed E-state index contributed by atoms with van der Waals surface area (Å²) in [6, 6.07) is 25.1. The normalized spacial score (nSPS) is 23.5. The number of hydrogen-bond acceptors (Lipinski definition) is 0. The second-order valence-corrected chi connectivity index (χ2v) is 12.3. The summed E-state index contributed by atoms with van der Waals surface area (Å²) in [5.74, 6) is 0. The van der Waals surface area contributed by atoms with Crippen LogP contribution in [0.5, 0.6) is 0 Å². The van der Waals surface area contributed by atoms with E-state index in [-0.39, 0.29) is 0 Å². The van der Waals surface area contributed by atoms with E-state index in [4.69, 9.17) is 8.22 Å². The summed E-state index contributed by atoms with van der Waals surface area (Å²) < 4.78 is 56.5. The van der Waals surface area contributed by atoms with Crippen LogP contribution < -0.4 is 20.1 Å². The molecule has 0 fully saturated rings. The van der Waals surface area contributed by atoms with E-state index in [1.807, 2.05) is 79.3 Å². The highest BCUT2D eigenvalue weighted by Gasteiger charge is 2.62. The molecule has 0 spiro atoms. The minimum atomic E-state index is -3.78. The van der Waals surface area contributed by atoms with Crippen molar-refractivity contribution in [2.75, 3.05) is 0 Å². The largest absolute Gasteiger partial charge is 0.215 e. The van der Waals surface area contributed by atoms with Crippen molar-refractivity contribution in [3.05, 3.63) is 96.2 Å². The summed E-state index contributed by atoms with van der Waals surface area (Å²) in [5.41, 5.74) is 4.97. The first-order valence-corrected chi connectivity index (χ1v) is 12.3. The van der Waals surface area contributed by atoms with Gasteiger partial charge >= 0.3 is 0 Å². The molecule has 30 heavy (non-hydrogen) atoms. The summed E-state index contributed by atoms with van der Waals surface area (Å²) in [5, 5.41) is 0.483. The van der Waals surface area contributed by atoms with Crippen molar-refractivity contribution in [1.29, 1.82) is 0 Å². The van der Waals surface area contributed by atoms with Crippen molar-refractivity contribution in [1.82, 2.24) is 0 Å². The van der Waals surface area contributed by atoms with Crippen LogP contribution in [0.15, 0.2) is 85.1 Å².